The minimum atomic E-state index is -0.827. The molecule has 2 saturated heterocycles. The van der Waals surface area contributed by atoms with E-state index in [0.717, 1.165) is 6.42 Å². The van der Waals surface area contributed by atoms with Gasteiger partial charge in [0.05, 0.1) is 18.7 Å². The molecule has 37 heavy (non-hydrogen) atoms. The fourth-order valence-corrected chi connectivity index (χ4v) is 5.82. The van der Waals surface area contributed by atoms with E-state index in [9.17, 15) is 24.3 Å². The first-order valence-corrected chi connectivity index (χ1v) is 14.2. The topological polar surface area (TPSA) is 137 Å². The van der Waals surface area contributed by atoms with Crippen molar-refractivity contribution in [2.24, 2.45) is 17.8 Å². The zero-order chi connectivity index (χ0) is 26.8. The molecule has 0 unspecified atom stereocenters. The first-order valence-electron chi connectivity index (χ1n) is 14.2. The summed E-state index contributed by atoms with van der Waals surface area (Å²) in [6.07, 6.45) is 9.17. The third kappa shape index (κ3) is 9.16. The average molecular weight is 523 g/mol. The SMILES string of the molecule is CC(C)C[C@H](NC(=O)OC[C@@H]1CCC(=O)N1CCC1CCCCC1)C(=O)N[C@H](CO)C[C@@H]1CCNC1=O. The quantitative estimate of drug-likeness (QED) is 0.292. The van der Waals surface area contributed by atoms with Crippen LogP contribution in [0.5, 0.6) is 0 Å². The Bertz CT molecular complexity index is 785. The summed E-state index contributed by atoms with van der Waals surface area (Å²) in [4.78, 5) is 51.8. The predicted octanol–water partition coefficient (Wildman–Crippen LogP) is 2.09. The van der Waals surface area contributed by atoms with E-state index in [1.165, 1.54) is 32.1 Å². The van der Waals surface area contributed by atoms with Gasteiger partial charge in [-0.05, 0) is 43.9 Å². The van der Waals surface area contributed by atoms with E-state index >= 15 is 0 Å². The molecule has 0 bridgehead atoms. The van der Waals surface area contributed by atoms with Crippen LogP contribution in [0.15, 0.2) is 0 Å². The lowest BCUT2D eigenvalue weighted by Crippen LogP contribution is -2.52. The van der Waals surface area contributed by atoms with Crippen LogP contribution in [0.3, 0.4) is 0 Å². The number of amides is 4. The summed E-state index contributed by atoms with van der Waals surface area (Å²) < 4.78 is 5.49. The van der Waals surface area contributed by atoms with Gasteiger partial charge < -0.3 is 30.7 Å². The second-order valence-corrected chi connectivity index (χ2v) is 11.4. The average Bonchev–Trinajstić information content (AvgIpc) is 3.44. The number of ether oxygens (including phenoxy) is 1. The summed E-state index contributed by atoms with van der Waals surface area (Å²) in [6.45, 7) is 5.03. The molecule has 0 aromatic heterocycles. The maximum absolute atomic E-state index is 13.0. The van der Waals surface area contributed by atoms with E-state index in [2.05, 4.69) is 16.0 Å². The van der Waals surface area contributed by atoms with Crippen molar-refractivity contribution in [3.63, 3.8) is 0 Å². The molecule has 0 aromatic rings. The third-order valence-corrected chi connectivity index (χ3v) is 7.98. The molecule has 0 spiro atoms. The highest BCUT2D eigenvalue weighted by Gasteiger charge is 2.33. The van der Waals surface area contributed by atoms with Crippen LogP contribution in [-0.4, -0.2) is 78.3 Å². The highest BCUT2D eigenvalue weighted by Crippen LogP contribution is 2.28. The molecule has 210 valence electrons. The normalized spacial score (nSPS) is 24.2. The molecule has 1 saturated carbocycles. The summed E-state index contributed by atoms with van der Waals surface area (Å²) in [5, 5.41) is 18.0. The van der Waals surface area contributed by atoms with Gasteiger partial charge in [0, 0.05) is 25.4 Å². The maximum atomic E-state index is 13.0. The highest BCUT2D eigenvalue weighted by molar-refractivity contribution is 5.86. The van der Waals surface area contributed by atoms with E-state index < -0.39 is 24.1 Å². The number of alkyl carbamates (subject to hydrolysis) is 1. The van der Waals surface area contributed by atoms with Gasteiger partial charge in [-0.1, -0.05) is 46.0 Å². The molecule has 3 fully saturated rings. The molecule has 4 amide bonds. The van der Waals surface area contributed by atoms with Gasteiger partial charge in [0.25, 0.3) is 0 Å². The third-order valence-electron chi connectivity index (χ3n) is 7.98. The Morgan fingerprint density at radius 1 is 1.11 bits per heavy atom. The number of nitrogens with one attached hydrogen (secondary N) is 3. The zero-order valence-electron chi connectivity index (χ0n) is 22.5. The van der Waals surface area contributed by atoms with Crippen molar-refractivity contribution >= 4 is 23.8 Å². The molecule has 10 nitrogen and oxygen atoms in total. The van der Waals surface area contributed by atoms with Gasteiger partial charge in [-0.15, -0.1) is 0 Å². The standard InChI is InChI=1S/C27H46N4O6/c1-18(2)14-23(26(35)29-21(16-32)15-20-10-12-28-25(20)34)30-27(36)37-17-22-8-9-24(33)31(22)13-11-19-6-4-3-5-7-19/h18-23,32H,3-17H2,1-2H3,(H,28,34)(H,29,35)(H,30,36)/t20-,21-,22-,23-/m0/s1. The van der Waals surface area contributed by atoms with Gasteiger partial charge >= 0.3 is 6.09 Å². The van der Waals surface area contributed by atoms with Crippen LogP contribution in [0.2, 0.25) is 0 Å². The monoisotopic (exact) mass is 522 g/mol. The van der Waals surface area contributed by atoms with E-state index in [0.29, 0.717) is 51.1 Å². The number of aliphatic hydroxyl groups excluding tert-OH is 1. The van der Waals surface area contributed by atoms with Crippen molar-refractivity contribution < 1.29 is 29.0 Å². The fourth-order valence-electron chi connectivity index (χ4n) is 5.82. The number of carbonyl (C=O) groups excluding carboxylic acids is 4. The first kappa shape index (κ1) is 29.2. The molecule has 0 aromatic carbocycles. The fraction of sp³-hybridized carbons (Fsp3) is 0.852. The number of hydrogen-bond donors (Lipinski definition) is 4. The second-order valence-electron chi connectivity index (χ2n) is 11.4. The van der Waals surface area contributed by atoms with Crippen LogP contribution in [0.1, 0.15) is 84.5 Å². The Kier molecular flexibility index (Phi) is 11.5. The number of likely N-dealkylation sites (tertiary alicyclic amines) is 1. The molecule has 1 aliphatic carbocycles. The molecular formula is C27H46N4O6. The summed E-state index contributed by atoms with van der Waals surface area (Å²) in [6, 6.07) is -1.53. The number of hydrogen-bond acceptors (Lipinski definition) is 6. The summed E-state index contributed by atoms with van der Waals surface area (Å²) in [5.41, 5.74) is 0. The zero-order valence-corrected chi connectivity index (χ0v) is 22.5. The van der Waals surface area contributed by atoms with Crippen molar-refractivity contribution in [3.8, 4) is 0 Å². The van der Waals surface area contributed by atoms with Gasteiger partial charge in [0.1, 0.15) is 12.6 Å². The van der Waals surface area contributed by atoms with Crippen LogP contribution >= 0.6 is 0 Å². The van der Waals surface area contributed by atoms with Crippen molar-refractivity contribution in [2.75, 3.05) is 26.3 Å². The lowest BCUT2D eigenvalue weighted by atomic mass is 9.87. The molecule has 3 rings (SSSR count). The Labute approximate surface area is 220 Å². The lowest BCUT2D eigenvalue weighted by Gasteiger charge is -2.28. The molecule has 2 heterocycles. The van der Waals surface area contributed by atoms with Crippen LogP contribution in [0.4, 0.5) is 4.79 Å². The van der Waals surface area contributed by atoms with Crippen LogP contribution in [0.25, 0.3) is 0 Å². The van der Waals surface area contributed by atoms with Crippen LogP contribution < -0.4 is 16.0 Å². The highest BCUT2D eigenvalue weighted by atomic mass is 16.5. The van der Waals surface area contributed by atoms with E-state index in [-0.39, 0.29) is 42.9 Å². The van der Waals surface area contributed by atoms with E-state index in [1.807, 2.05) is 18.7 Å². The van der Waals surface area contributed by atoms with Crippen molar-refractivity contribution in [3.05, 3.63) is 0 Å². The first-order chi connectivity index (χ1) is 17.8. The maximum Gasteiger partial charge on any atom is 0.407 e. The van der Waals surface area contributed by atoms with Crippen molar-refractivity contribution in [1.29, 1.82) is 0 Å². The van der Waals surface area contributed by atoms with Crippen molar-refractivity contribution in [1.82, 2.24) is 20.9 Å². The Morgan fingerprint density at radius 3 is 2.51 bits per heavy atom. The minimum absolute atomic E-state index is 0.0636. The predicted molar refractivity (Wildman–Crippen MR) is 138 cm³/mol. The lowest BCUT2D eigenvalue weighted by molar-refractivity contribution is -0.129. The number of aliphatic hydroxyl groups is 1. The van der Waals surface area contributed by atoms with Gasteiger partial charge in [0.2, 0.25) is 17.7 Å². The molecule has 2 aliphatic heterocycles. The van der Waals surface area contributed by atoms with Gasteiger partial charge in [0.15, 0.2) is 0 Å². The Hall–Kier alpha value is -2.36. The molecule has 0 radical (unpaired) electrons. The summed E-state index contributed by atoms with van der Waals surface area (Å²) in [5.74, 6) is 0.210. The van der Waals surface area contributed by atoms with Gasteiger partial charge in [-0.3, -0.25) is 14.4 Å². The van der Waals surface area contributed by atoms with Crippen LogP contribution in [-0.2, 0) is 19.1 Å². The number of carbonyl (C=O) groups is 4. The second kappa shape index (κ2) is 14.5. The van der Waals surface area contributed by atoms with E-state index in [1.54, 1.807) is 0 Å². The largest absolute Gasteiger partial charge is 0.447 e. The molecule has 4 N–H and O–H groups in total. The smallest absolute Gasteiger partial charge is 0.407 e. The Morgan fingerprint density at radius 2 is 1.86 bits per heavy atom. The molecule has 3 aliphatic rings. The van der Waals surface area contributed by atoms with Gasteiger partial charge in [-0.25, -0.2) is 4.79 Å². The summed E-state index contributed by atoms with van der Waals surface area (Å²) >= 11 is 0. The molecule has 4 atom stereocenters. The minimum Gasteiger partial charge on any atom is -0.447 e. The summed E-state index contributed by atoms with van der Waals surface area (Å²) in [7, 11) is 0. The van der Waals surface area contributed by atoms with Crippen LogP contribution in [0, 0.1) is 17.8 Å². The number of rotatable bonds is 13. The van der Waals surface area contributed by atoms with Crippen molar-refractivity contribution in [2.45, 2.75) is 103 Å². The van der Waals surface area contributed by atoms with E-state index in [4.69, 9.17) is 4.74 Å². The molecular weight excluding hydrogens is 476 g/mol. The van der Waals surface area contributed by atoms with Gasteiger partial charge in [-0.2, -0.15) is 0 Å². The molecule has 10 heteroatoms. The Balaban J connectivity index is 1.47. The number of nitrogens with zero attached hydrogens (tertiary/aromatic N) is 1.